The minimum Gasteiger partial charge on any atom is -0.481 e. The van der Waals surface area contributed by atoms with Gasteiger partial charge < -0.3 is 9.67 Å². The molecule has 0 amide bonds. The first-order valence-electron chi connectivity index (χ1n) is 6.04. The Kier molecular flexibility index (Phi) is 6.50. The van der Waals surface area contributed by atoms with Crippen molar-refractivity contribution in [2.75, 3.05) is 12.0 Å². The van der Waals surface area contributed by atoms with E-state index in [0.29, 0.717) is 11.7 Å². The molecule has 1 aromatic rings. The Labute approximate surface area is 119 Å². The maximum Gasteiger partial charge on any atom is 0.313 e. The van der Waals surface area contributed by atoms with Gasteiger partial charge in [-0.15, -0.1) is 10.2 Å². The molecule has 8 heteroatoms. The molecule has 0 saturated carbocycles. The molecule has 1 rings (SSSR count). The number of carboxylic acids is 1. The SMILES string of the molecule is CCc1nnc(SCC(=O)O)n1CCC(C)S(C)=O. The molecule has 2 unspecified atom stereocenters. The molecule has 1 aromatic heterocycles. The standard InChI is InChI=1S/C11H19N3O3S2/c1-4-9-12-13-11(18-7-10(15)16)14(9)6-5-8(2)19(3)17/h8H,4-7H2,1-3H3,(H,15,16). The number of aliphatic carboxylic acids is 1. The summed E-state index contributed by atoms with van der Waals surface area (Å²) in [4.78, 5) is 10.6. The van der Waals surface area contributed by atoms with Gasteiger partial charge in [0.15, 0.2) is 5.16 Å². The van der Waals surface area contributed by atoms with Gasteiger partial charge in [0.05, 0.1) is 5.75 Å². The zero-order valence-corrected chi connectivity index (χ0v) is 13.0. The van der Waals surface area contributed by atoms with Crippen LogP contribution in [0.4, 0.5) is 0 Å². The molecular formula is C11H19N3O3S2. The second kappa shape index (κ2) is 7.64. The van der Waals surface area contributed by atoms with E-state index in [1.807, 2.05) is 18.4 Å². The van der Waals surface area contributed by atoms with Gasteiger partial charge in [-0.05, 0) is 6.42 Å². The third-order valence-electron chi connectivity index (χ3n) is 2.76. The van der Waals surface area contributed by atoms with Crippen LogP contribution in [-0.2, 0) is 28.6 Å². The highest BCUT2D eigenvalue weighted by Crippen LogP contribution is 2.18. The summed E-state index contributed by atoms with van der Waals surface area (Å²) in [6, 6.07) is 0. The molecule has 0 aromatic carbocycles. The number of aryl methyl sites for hydroxylation is 1. The molecule has 0 bridgehead atoms. The van der Waals surface area contributed by atoms with Crippen LogP contribution < -0.4 is 0 Å². The predicted molar refractivity (Wildman–Crippen MR) is 75.9 cm³/mol. The Hall–Kier alpha value is -0.890. The Morgan fingerprint density at radius 3 is 2.74 bits per heavy atom. The third-order valence-corrected chi connectivity index (χ3v) is 5.08. The lowest BCUT2D eigenvalue weighted by atomic mass is 10.3. The van der Waals surface area contributed by atoms with E-state index in [1.54, 1.807) is 6.26 Å². The fraction of sp³-hybridized carbons (Fsp3) is 0.727. The molecule has 0 aliphatic heterocycles. The van der Waals surface area contributed by atoms with Crippen molar-refractivity contribution in [3.63, 3.8) is 0 Å². The molecule has 1 heterocycles. The van der Waals surface area contributed by atoms with Gasteiger partial charge >= 0.3 is 5.97 Å². The lowest BCUT2D eigenvalue weighted by molar-refractivity contribution is -0.133. The van der Waals surface area contributed by atoms with Crippen molar-refractivity contribution in [2.24, 2.45) is 0 Å². The lowest BCUT2D eigenvalue weighted by Crippen LogP contribution is -2.15. The van der Waals surface area contributed by atoms with Crippen LogP contribution in [0, 0.1) is 0 Å². The van der Waals surface area contributed by atoms with Gasteiger partial charge in [-0.3, -0.25) is 9.00 Å². The Morgan fingerprint density at radius 2 is 2.21 bits per heavy atom. The van der Waals surface area contributed by atoms with Crippen molar-refractivity contribution >= 4 is 28.5 Å². The molecule has 108 valence electrons. The predicted octanol–water partition coefficient (Wildman–Crippen LogP) is 1.17. The van der Waals surface area contributed by atoms with Gasteiger partial charge in [-0.25, -0.2) is 0 Å². The number of hydrogen-bond acceptors (Lipinski definition) is 5. The monoisotopic (exact) mass is 305 g/mol. The van der Waals surface area contributed by atoms with E-state index in [2.05, 4.69) is 10.2 Å². The Morgan fingerprint density at radius 1 is 1.53 bits per heavy atom. The van der Waals surface area contributed by atoms with Crippen LogP contribution in [0.3, 0.4) is 0 Å². The summed E-state index contributed by atoms with van der Waals surface area (Å²) < 4.78 is 13.3. The summed E-state index contributed by atoms with van der Waals surface area (Å²) >= 11 is 1.17. The van der Waals surface area contributed by atoms with Crippen molar-refractivity contribution in [1.29, 1.82) is 0 Å². The average molecular weight is 305 g/mol. The molecule has 19 heavy (non-hydrogen) atoms. The van der Waals surface area contributed by atoms with Crippen molar-refractivity contribution in [1.82, 2.24) is 14.8 Å². The minimum atomic E-state index is -0.874. The largest absolute Gasteiger partial charge is 0.481 e. The van der Waals surface area contributed by atoms with E-state index in [1.165, 1.54) is 11.8 Å². The summed E-state index contributed by atoms with van der Waals surface area (Å²) in [6.07, 6.45) is 3.19. The van der Waals surface area contributed by atoms with E-state index in [9.17, 15) is 9.00 Å². The minimum absolute atomic E-state index is 0.0306. The zero-order valence-electron chi connectivity index (χ0n) is 11.3. The normalized spacial score (nSPS) is 14.3. The first kappa shape index (κ1) is 16.2. The maximum absolute atomic E-state index is 11.3. The highest BCUT2D eigenvalue weighted by atomic mass is 32.2. The van der Waals surface area contributed by atoms with Crippen LogP contribution in [0.25, 0.3) is 0 Å². The van der Waals surface area contributed by atoms with Crippen LogP contribution in [0.5, 0.6) is 0 Å². The number of carboxylic acid groups (broad SMARTS) is 1. The number of nitrogens with zero attached hydrogens (tertiary/aromatic N) is 3. The molecule has 0 spiro atoms. The van der Waals surface area contributed by atoms with Crippen LogP contribution in [-0.4, -0.2) is 47.3 Å². The smallest absolute Gasteiger partial charge is 0.313 e. The molecule has 0 aliphatic carbocycles. The average Bonchev–Trinajstić information content (AvgIpc) is 2.75. The fourth-order valence-electron chi connectivity index (χ4n) is 1.52. The highest BCUT2D eigenvalue weighted by Gasteiger charge is 2.14. The molecule has 0 saturated heterocycles. The first-order valence-corrected chi connectivity index (χ1v) is 8.65. The summed E-state index contributed by atoms with van der Waals surface area (Å²) in [5, 5.41) is 17.5. The van der Waals surface area contributed by atoms with E-state index < -0.39 is 16.8 Å². The number of aromatic nitrogens is 3. The summed E-state index contributed by atoms with van der Waals surface area (Å²) in [6.45, 7) is 4.59. The fourth-order valence-corrected chi connectivity index (χ4v) is 2.66. The van der Waals surface area contributed by atoms with Gasteiger partial charge in [0.25, 0.3) is 0 Å². The van der Waals surface area contributed by atoms with Crippen LogP contribution >= 0.6 is 11.8 Å². The summed E-state index contributed by atoms with van der Waals surface area (Å²) in [7, 11) is -0.853. The molecule has 0 radical (unpaired) electrons. The van der Waals surface area contributed by atoms with Crippen molar-refractivity contribution in [3.8, 4) is 0 Å². The number of carbonyl (C=O) groups is 1. The van der Waals surface area contributed by atoms with Gasteiger partial charge in [0, 0.05) is 35.3 Å². The molecule has 1 N–H and O–H groups in total. The quantitative estimate of drug-likeness (QED) is 0.726. The van der Waals surface area contributed by atoms with Gasteiger partial charge in [0.2, 0.25) is 0 Å². The second-order valence-electron chi connectivity index (χ2n) is 4.18. The van der Waals surface area contributed by atoms with E-state index >= 15 is 0 Å². The zero-order chi connectivity index (χ0) is 14.4. The van der Waals surface area contributed by atoms with Crippen molar-refractivity contribution in [2.45, 2.75) is 43.6 Å². The Balaban J connectivity index is 2.75. The summed E-state index contributed by atoms with van der Waals surface area (Å²) in [5.74, 6) is -0.0699. The maximum atomic E-state index is 11.3. The Bertz CT molecular complexity index is 462. The summed E-state index contributed by atoms with van der Waals surface area (Å²) in [5.41, 5.74) is 0. The molecule has 6 nitrogen and oxygen atoms in total. The topological polar surface area (TPSA) is 85.1 Å². The second-order valence-corrected chi connectivity index (χ2v) is 6.93. The van der Waals surface area contributed by atoms with Crippen LogP contribution in [0.2, 0.25) is 0 Å². The third kappa shape index (κ3) is 4.94. The molecule has 2 atom stereocenters. The van der Waals surface area contributed by atoms with Crippen molar-refractivity contribution in [3.05, 3.63) is 5.82 Å². The van der Waals surface area contributed by atoms with Gasteiger partial charge in [0.1, 0.15) is 5.82 Å². The van der Waals surface area contributed by atoms with Gasteiger partial charge in [-0.1, -0.05) is 25.6 Å². The highest BCUT2D eigenvalue weighted by molar-refractivity contribution is 7.99. The van der Waals surface area contributed by atoms with Crippen LogP contribution in [0.15, 0.2) is 5.16 Å². The van der Waals surface area contributed by atoms with Gasteiger partial charge in [-0.2, -0.15) is 0 Å². The number of thioether (sulfide) groups is 1. The molecular weight excluding hydrogens is 286 g/mol. The van der Waals surface area contributed by atoms with Crippen molar-refractivity contribution < 1.29 is 14.1 Å². The molecule has 0 fully saturated rings. The number of hydrogen-bond donors (Lipinski definition) is 1. The van der Waals surface area contributed by atoms with E-state index in [0.717, 1.165) is 18.7 Å². The number of rotatable bonds is 8. The lowest BCUT2D eigenvalue weighted by Gasteiger charge is -2.12. The first-order chi connectivity index (χ1) is 8.95. The molecule has 0 aliphatic rings. The van der Waals surface area contributed by atoms with E-state index in [4.69, 9.17) is 5.11 Å². The van der Waals surface area contributed by atoms with E-state index in [-0.39, 0.29) is 11.0 Å². The van der Waals surface area contributed by atoms with Crippen LogP contribution in [0.1, 0.15) is 26.1 Å².